The Bertz CT molecular complexity index is 877. The average molecular weight is 451 g/mol. The van der Waals surface area contributed by atoms with Gasteiger partial charge in [-0.25, -0.2) is 4.79 Å². The molecule has 1 aromatic rings. The van der Waals surface area contributed by atoms with Gasteiger partial charge in [0, 0.05) is 11.6 Å². The molecule has 0 unspecified atom stereocenters. The Kier molecular flexibility index (Phi) is 5.94. The van der Waals surface area contributed by atoms with Crippen LogP contribution in [0.2, 0.25) is 0 Å². The zero-order valence-corrected chi connectivity index (χ0v) is 16.1. The predicted molar refractivity (Wildman–Crippen MR) is 94.6 cm³/mol. The van der Waals surface area contributed by atoms with Crippen LogP contribution < -0.4 is 10.6 Å². The summed E-state index contributed by atoms with van der Waals surface area (Å²) in [4.78, 5) is 38.1. The lowest BCUT2D eigenvalue weighted by atomic mass is 10.0. The molecular weight excluding hydrogens is 432 g/mol. The summed E-state index contributed by atoms with van der Waals surface area (Å²) in [5.41, 5.74) is -5.75. The van der Waals surface area contributed by atoms with Crippen LogP contribution in [0.25, 0.3) is 0 Å². The molecule has 0 bridgehead atoms. The zero-order chi connectivity index (χ0) is 23.0. The summed E-state index contributed by atoms with van der Waals surface area (Å²) in [6.45, 7) is 0. The largest absolute Gasteiger partial charge is 0.440 e. The summed E-state index contributed by atoms with van der Waals surface area (Å²) in [5, 5.41) is 2.97. The van der Waals surface area contributed by atoms with Crippen LogP contribution >= 0.6 is 0 Å². The van der Waals surface area contributed by atoms with E-state index < -0.39 is 53.0 Å². The summed E-state index contributed by atoms with van der Waals surface area (Å²) in [6.07, 6.45) is -6.73. The van der Waals surface area contributed by atoms with E-state index in [0.717, 1.165) is 25.0 Å². The van der Waals surface area contributed by atoms with Gasteiger partial charge < -0.3 is 5.32 Å². The van der Waals surface area contributed by atoms with Gasteiger partial charge in [-0.3, -0.25) is 19.8 Å². The highest BCUT2D eigenvalue weighted by molar-refractivity contribution is 6.10. The molecule has 2 fully saturated rings. The molecule has 1 aliphatic carbocycles. The molecule has 1 atom stereocenters. The van der Waals surface area contributed by atoms with Crippen LogP contribution in [0, 0.1) is 0 Å². The van der Waals surface area contributed by atoms with E-state index in [1.165, 1.54) is 10.6 Å². The van der Waals surface area contributed by atoms with Crippen molar-refractivity contribution in [1.29, 1.82) is 0 Å². The molecule has 1 aromatic carbocycles. The molecule has 1 heterocycles. The highest BCUT2D eigenvalue weighted by atomic mass is 19.4. The molecule has 0 aromatic heterocycles. The first-order valence-corrected chi connectivity index (χ1v) is 9.59. The number of imide groups is 1. The second-order valence-electron chi connectivity index (χ2n) is 7.53. The minimum atomic E-state index is -5.43. The number of hydrogen-bond acceptors (Lipinski definition) is 3. The predicted octanol–water partition coefficient (Wildman–Crippen LogP) is 3.97. The topological polar surface area (TPSA) is 78.5 Å². The summed E-state index contributed by atoms with van der Waals surface area (Å²) >= 11 is 0. The molecule has 0 radical (unpaired) electrons. The van der Waals surface area contributed by atoms with E-state index in [2.05, 4.69) is 0 Å². The third-order valence-corrected chi connectivity index (χ3v) is 5.42. The van der Waals surface area contributed by atoms with E-state index in [-0.39, 0.29) is 0 Å². The van der Waals surface area contributed by atoms with E-state index in [1.807, 2.05) is 0 Å². The van der Waals surface area contributed by atoms with Gasteiger partial charge in [-0.15, -0.1) is 0 Å². The van der Waals surface area contributed by atoms with Crippen LogP contribution in [0.3, 0.4) is 0 Å². The van der Waals surface area contributed by atoms with E-state index in [9.17, 15) is 40.7 Å². The maximum Gasteiger partial charge on any atom is 0.440 e. The van der Waals surface area contributed by atoms with Gasteiger partial charge in [0.1, 0.15) is 0 Å². The van der Waals surface area contributed by atoms with Crippen LogP contribution in [0.1, 0.15) is 54.4 Å². The minimum Gasteiger partial charge on any atom is -0.314 e. The molecule has 6 nitrogen and oxygen atoms in total. The first-order chi connectivity index (χ1) is 14.4. The second-order valence-corrected chi connectivity index (χ2v) is 7.53. The molecule has 12 heteroatoms. The Morgan fingerprint density at radius 3 is 2.19 bits per heavy atom. The molecule has 1 aliphatic heterocycles. The first kappa shape index (κ1) is 22.9. The van der Waals surface area contributed by atoms with Crippen molar-refractivity contribution in [2.75, 3.05) is 0 Å². The number of nitrogens with zero attached hydrogens (tertiary/aromatic N) is 1. The molecular formula is C19H19F6N3O3. The lowest BCUT2D eigenvalue weighted by Crippen LogP contribution is -2.69. The van der Waals surface area contributed by atoms with Crippen molar-refractivity contribution in [3.8, 4) is 0 Å². The summed E-state index contributed by atoms with van der Waals surface area (Å²) in [7, 11) is 0. The average Bonchev–Trinajstić information content (AvgIpc) is 2.84. The molecule has 31 heavy (non-hydrogen) atoms. The third-order valence-electron chi connectivity index (χ3n) is 5.42. The van der Waals surface area contributed by atoms with Crippen molar-refractivity contribution in [1.82, 2.24) is 15.5 Å². The van der Waals surface area contributed by atoms with Gasteiger partial charge in [0.05, 0.1) is 5.56 Å². The molecule has 3 rings (SSSR count). The van der Waals surface area contributed by atoms with Crippen molar-refractivity contribution >= 4 is 17.8 Å². The van der Waals surface area contributed by atoms with Gasteiger partial charge in [0.25, 0.3) is 17.5 Å². The molecule has 0 spiro atoms. The third kappa shape index (κ3) is 4.33. The quantitative estimate of drug-likeness (QED) is 0.415. The van der Waals surface area contributed by atoms with Crippen molar-refractivity contribution < 1.29 is 40.7 Å². The van der Waals surface area contributed by atoms with E-state index in [0.29, 0.717) is 42.7 Å². The normalized spacial score (nSPS) is 23.5. The van der Waals surface area contributed by atoms with Crippen LogP contribution in [-0.4, -0.2) is 40.6 Å². The maximum atomic E-state index is 13.9. The second kappa shape index (κ2) is 8.04. The number of carbonyl (C=O) groups excluding carboxylic acids is 3. The summed E-state index contributed by atoms with van der Waals surface area (Å²) in [5.74, 6) is -3.28. The number of alkyl halides is 6. The Morgan fingerprint density at radius 2 is 1.65 bits per heavy atom. The number of urea groups is 1. The highest BCUT2D eigenvalue weighted by Crippen LogP contribution is 2.37. The van der Waals surface area contributed by atoms with Crippen molar-refractivity contribution in [3.05, 3.63) is 35.4 Å². The monoisotopic (exact) mass is 451 g/mol. The highest BCUT2D eigenvalue weighted by Gasteiger charge is 2.69. The Labute approximate surface area is 173 Å². The maximum absolute atomic E-state index is 13.9. The number of halogens is 6. The van der Waals surface area contributed by atoms with Crippen molar-refractivity contribution in [3.63, 3.8) is 0 Å². The van der Waals surface area contributed by atoms with Gasteiger partial charge >= 0.3 is 18.4 Å². The lowest BCUT2D eigenvalue weighted by molar-refractivity contribution is -0.200. The van der Waals surface area contributed by atoms with Crippen molar-refractivity contribution in [2.24, 2.45) is 0 Å². The Hall–Kier alpha value is -2.79. The van der Waals surface area contributed by atoms with Gasteiger partial charge in [-0.05, 0) is 31.0 Å². The van der Waals surface area contributed by atoms with Crippen LogP contribution in [0.5, 0.6) is 0 Å². The number of benzene rings is 1. The minimum absolute atomic E-state index is 0.328. The van der Waals surface area contributed by atoms with Crippen LogP contribution in [0.4, 0.5) is 31.1 Å². The number of nitrogens with one attached hydrogen (secondary N) is 2. The molecule has 4 amide bonds. The van der Waals surface area contributed by atoms with Gasteiger partial charge in [-0.1, -0.05) is 31.7 Å². The summed E-state index contributed by atoms with van der Waals surface area (Å²) < 4.78 is 80.5. The fourth-order valence-electron chi connectivity index (χ4n) is 3.82. The smallest absolute Gasteiger partial charge is 0.314 e. The van der Waals surface area contributed by atoms with Gasteiger partial charge in [0.15, 0.2) is 0 Å². The van der Waals surface area contributed by atoms with E-state index >= 15 is 0 Å². The number of amides is 4. The zero-order valence-electron chi connectivity index (χ0n) is 16.1. The van der Waals surface area contributed by atoms with Crippen LogP contribution in [-0.2, 0) is 11.0 Å². The SMILES string of the molecule is O=C(N[C@]1(C(F)(F)F)NC(=O)N(C2CCCCCC2)C1=O)c1cccc(C(F)(F)F)c1. The lowest BCUT2D eigenvalue weighted by Gasteiger charge is -2.31. The Balaban J connectivity index is 1.93. The van der Waals surface area contributed by atoms with E-state index in [1.54, 1.807) is 0 Å². The first-order valence-electron chi connectivity index (χ1n) is 9.59. The van der Waals surface area contributed by atoms with Crippen LogP contribution in [0.15, 0.2) is 24.3 Å². The molecule has 170 valence electrons. The van der Waals surface area contributed by atoms with Gasteiger partial charge in [0.2, 0.25) is 0 Å². The standard InChI is InChI=1S/C19H19F6N3O3/c20-18(21,22)12-7-5-6-11(10-12)14(29)26-17(19(23,24)25)15(30)28(16(31)27-17)13-8-3-1-2-4-9-13/h5-7,10,13H,1-4,8-9H2,(H,26,29)(H,27,31)/t17-/m0/s1. The van der Waals surface area contributed by atoms with E-state index in [4.69, 9.17) is 0 Å². The Morgan fingerprint density at radius 1 is 1.03 bits per heavy atom. The molecule has 2 N–H and O–H groups in total. The fourth-order valence-corrected chi connectivity index (χ4v) is 3.82. The summed E-state index contributed by atoms with van der Waals surface area (Å²) in [6, 6.07) is 0.670. The molecule has 1 saturated carbocycles. The number of carbonyl (C=O) groups is 3. The number of rotatable bonds is 3. The molecule has 2 aliphatic rings. The number of hydrogen-bond donors (Lipinski definition) is 2. The van der Waals surface area contributed by atoms with Crippen molar-refractivity contribution in [2.45, 2.75) is 62.6 Å². The van der Waals surface area contributed by atoms with Gasteiger partial charge in [-0.2, -0.15) is 26.3 Å². The molecule has 1 saturated heterocycles. The fraction of sp³-hybridized carbons (Fsp3) is 0.526.